The number of esters is 1. The van der Waals surface area contributed by atoms with Gasteiger partial charge >= 0.3 is 5.97 Å². The first kappa shape index (κ1) is 21.4. The number of benzene rings is 2. The summed E-state index contributed by atoms with van der Waals surface area (Å²) in [6, 6.07) is 16.6. The number of nitrogens with zero attached hydrogens (tertiary/aromatic N) is 1. The fraction of sp³-hybridized carbons (Fsp3) is 0.143. The van der Waals surface area contributed by atoms with Crippen molar-refractivity contribution in [3.63, 3.8) is 0 Å². The molecule has 0 radical (unpaired) electrons. The molecule has 1 aromatic heterocycles. The second kappa shape index (κ2) is 9.95. The van der Waals surface area contributed by atoms with Crippen LogP contribution < -0.4 is 15.4 Å². The molecule has 3 rings (SSSR count). The monoisotopic (exact) mass is 441 g/mol. The third-order valence-electron chi connectivity index (χ3n) is 3.96. The molecular formula is C21H19N3O4S2. The number of hydrogen-bond donors (Lipinski definition) is 2. The molecule has 1 heterocycles. The van der Waals surface area contributed by atoms with Crippen LogP contribution in [0.25, 0.3) is 0 Å². The van der Waals surface area contributed by atoms with Gasteiger partial charge in [0, 0.05) is 5.56 Å². The Morgan fingerprint density at radius 2 is 1.90 bits per heavy atom. The highest BCUT2D eigenvalue weighted by Gasteiger charge is 2.17. The lowest BCUT2D eigenvalue weighted by molar-refractivity contribution is 0.0605. The number of amides is 1. The summed E-state index contributed by atoms with van der Waals surface area (Å²) in [5.41, 5.74) is 1.95. The van der Waals surface area contributed by atoms with Crippen molar-refractivity contribution in [2.45, 2.75) is 13.5 Å². The molecule has 154 valence electrons. The van der Waals surface area contributed by atoms with E-state index in [4.69, 9.17) is 21.7 Å². The van der Waals surface area contributed by atoms with E-state index in [1.165, 1.54) is 7.11 Å². The van der Waals surface area contributed by atoms with Crippen molar-refractivity contribution in [1.82, 2.24) is 10.3 Å². The fourth-order valence-corrected chi connectivity index (χ4v) is 3.65. The molecule has 0 unspecified atom stereocenters. The molecule has 0 atom stereocenters. The van der Waals surface area contributed by atoms with E-state index < -0.39 is 5.97 Å². The Labute approximate surface area is 183 Å². The van der Waals surface area contributed by atoms with Gasteiger partial charge in [0.15, 0.2) is 10.2 Å². The average Bonchev–Trinajstić information content (AvgIpc) is 3.12. The number of aromatic nitrogens is 1. The van der Waals surface area contributed by atoms with Crippen LogP contribution in [0.15, 0.2) is 54.6 Å². The molecule has 3 aromatic rings. The molecule has 0 saturated carbocycles. The van der Waals surface area contributed by atoms with Crippen LogP contribution >= 0.6 is 23.6 Å². The predicted molar refractivity (Wildman–Crippen MR) is 119 cm³/mol. The van der Waals surface area contributed by atoms with Crippen molar-refractivity contribution in [3.8, 4) is 5.75 Å². The second-order valence-electron chi connectivity index (χ2n) is 6.14. The van der Waals surface area contributed by atoms with Gasteiger partial charge in [-0.25, -0.2) is 9.78 Å². The maximum atomic E-state index is 12.5. The SMILES string of the molecule is COC(=O)c1sc(NC(=S)NC(=O)c2cccc(OCc3ccccc3)c2)nc1C. The molecule has 0 saturated heterocycles. The van der Waals surface area contributed by atoms with Gasteiger partial charge in [0.25, 0.3) is 5.91 Å². The molecule has 30 heavy (non-hydrogen) atoms. The summed E-state index contributed by atoms with van der Waals surface area (Å²) in [4.78, 5) is 28.8. The minimum absolute atomic E-state index is 0.0702. The van der Waals surface area contributed by atoms with Crippen LogP contribution in [0.5, 0.6) is 5.75 Å². The molecule has 2 aromatic carbocycles. The van der Waals surface area contributed by atoms with E-state index in [-0.39, 0.29) is 11.0 Å². The van der Waals surface area contributed by atoms with E-state index in [1.54, 1.807) is 31.2 Å². The Morgan fingerprint density at radius 3 is 2.63 bits per heavy atom. The highest BCUT2D eigenvalue weighted by atomic mass is 32.1. The first-order valence-corrected chi connectivity index (χ1v) is 10.1. The Hall–Kier alpha value is -3.30. The van der Waals surface area contributed by atoms with Crippen molar-refractivity contribution < 1.29 is 19.1 Å². The zero-order valence-electron chi connectivity index (χ0n) is 16.3. The molecule has 0 bridgehead atoms. The van der Waals surface area contributed by atoms with Gasteiger partial charge in [-0.3, -0.25) is 10.1 Å². The summed E-state index contributed by atoms with van der Waals surface area (Å²) in [5.74, 6) is -0.289. The quantitative estimate of drug-likeness (QED) is 0.442. The lowest BCUT2D eigenvalue weighted by atomic mass is 10.2. The number of hydrogen-bond acceptors (Lipinski definition) is 7. The van der Waals surface area contributed by atoms with Gasteiger partial charge in [0.2, 0.25) is 0 Å². The Kier molecular flexibility index (Phi) is 7.10. The van der Waals surface area contributed by atoms with Gasteiger partial charge in [0.1, 0.15) is 17.2 Å². The van der Waals surface area contributed by atoms with Gasteiger partial charge < -0.3 is 14.8 Å². The average molecular weight is 442 g/mol. The van der Waals surface area contributed by atoms with Gasteiger partial charge in [0.05, 0.1) is 12.8 Å². The summed E-state index contributed by atoms with van der Waals surface area (Å²) < 4.78 is 10.5. The van der Waals surface area contributed by atoms with Gasteiger partial charge in [-0.05, 0) is 42.9 Å². The number of carbonyl (C=O) groups is 2. The molecule has 0 aliphatic heterocycles. The van der Waals surface area contributed by atoms with Crippen molar-refractivity contribution in [3.05, 3.63) is 76.3 Å². The van der Waals surface area contributed by atoms with E-state index in [0.29, 0.717) is 33.6 Å². The van der Waals surface area contributed by atoms with Crippen LogP contribution in [0, 0.1) is 6.92 Å². The zero-order chi connectivity index (χ0) is 21.5. The Balaban J connectivity index is 1.59. The van der Waals surface area contributed by atoms with E-state index in [9.17, 15) is 9.59 Å². The maximum absolute atomic E-state index is 12.5. The minimum Gasteiger partial charge on any atom is -0.489 e. The summed E-state index contributed by atoms with van der Waals surface area (Å²) in [6.45, 7) is 2.09. The molecule has 1 amide bonds. The summed E-state index contributed by atoms with van der Waals surface area (Å²) in [5, 5.41) is 5.86. The zero-order valence-corrected chi connectivity index (χ0v) is 17.9. The first-order chi connectivity index (χ1) is 14.5. The molecule has 0 aliphatic carbocycles. The largest absolute Gasteiger partial charge is 0.489 e. The lowest BCUT2D eigenvalue weighted by Gasteiger charge is -2.10. The van der Waals surface area contributed by atoms with E-state index in [0.717, 1.165) is 16.9 Å². The number of anilines is 1. The van der Waals surface area contributed by atoms with Crippen LogP contribution in [0.3, 0.4) is 0 Å². The molecular weight excluding hydrogens is 422 g/mol. The predicted octanol–water partition coefficient (Wildman–Crippen LogP) is 3.94. The number of ether oxygens (including phenoxy) is 2. The molecule has 9 heteroatoms. The normalized spacial score (nSPS) is 10.2. The maximum Gasteiger partial charge on any atom is 0.350 e. The summed E-state index contributed by atoms with van der Waals surface area (Å²) in [6.07, 6.45) is 0. The number of thiocarbonyl (C=S) groups is 1. The fourth-order valence-electron chi connectivity index (χ4n) is 2.50. The highest BCUT2D eigenvalue weighted by Crippen LogP contribution is 2.23. The third kappa shape index (κ3) is 5.62. The third-order valence-corrected chi connectivity index (χ3v) is 5.22. The standard InChI is InChI=1S/C21H19N3O4S2/c1-13-17(19(26)27-2)30-21(22-13)24-20(29)23-18(25)15-9-6-10-16(11-15)28-12-14-7-4-3-5-8-14/h3-11H,12H2,1-2H3,(H2,22,23,24,25,29). The van der Waals surface area contributed by atoms with Crippen LogP contribution in [-0.4, -0.2) is 29.1 Å². The molecule has 0 fully saturated rings. The van der Waals surface area contributed by atoms with E-state index >= 15 is 0 Å². The first-order valence-electron chi connectivity index (χ1n) is 8.91. The highest BCUT2D eigenvalue weighted by molar-refractivity contribution is 7.80. The lowest BCUT2D eigenvalue weighted by Crippen LogP contribution is -2.34. The number of nitrogens with one attached hydrogen (secondary N) is 2. The Morgan fingerprint density at radius 1 is 1.13 bits per heavy atom. The van der Waals surface area contributed by atoms with Crippen molar-refractivity contribution >= 4 is 45.7 Å². The second-order valence-corrected chi connectivity index (χ2v) is 7.54. The van der Waals surface area contributed by atoms with E-state index in [1.807, 2.05) is 30.3 Å². The smallest absolute Gasteiger partial charge is 0.350 e. The van der Waals surface area contributed by atoms with Crippen LogP contribution in [-0.2, 0) is 11.3 Å². The van der Waals surface area contributed by atoms with Gasteiger partial charge in [-0.2, -0.15) is 0 Å². The Bertz CT molecular complexity index is 1070. The van der Waals surface area contributed by atoms with Crippen LogP contribution in [0.1, 0.15) is 31.3 Å². The van der Waals surface area contributed by atoms with Crippen molar-refractivity contribution in [2.75, 3.05) is 12.4 Å². The number of rotatable bonds is 6. The van der Waals surface area contributed by atoms with Crippen molar-refractivity contribution in [1.29, 1.82) is 0 Å². The number of aryl methyl sites for hydroxylation is 1. The molecule has 0 aliphatic rings. The van der Waals surface area contributed by atoms with Gasteiger partial charge in [-0.1, -0.05) is 47.7 Å². The number of thiazole rings is 1. The number of methoxy groups -OCH3 is 1. The molecule has 2 N–H and O–H groups in total. The summed E-state index contributed by atoms with van der Waals surface area (Å²) in [7, 11) is 1.30. The van der Waals surface area contributed by atoms with E-state index in [2.05, 4.69) is 15.6 Å². The van der Waals surface area contributed by atoms with Crippen LogP contribution in [0.2, 0.25) is 0 Å². The number of carbonyl (C=O) groups excluding carboxylic acids is 2. The molecule has 0 spiro atoms. The minimum atomic E-state index is -0.472. The molecule has 7 nitrogen and oxygen atoms in total. The summed E-state index contributed by atoms with van der Waals surface area (Å²) >= 11 is 6.28. The van der Waals surface area contributed by atoms with Crippen LogP contribution in [0.4, 0.5) is 5.13 Å². The van der Waals surface area contributed by atoms with Gasteiger partial charge in [-0.15, -0.1) is 0 Å². The van der Waals surface area contributed by atoms with Crippen molar-refractivity contribution in [2.24, 2.45) is 0 Å². The topological polar surface area (TPSA) is 89.6 Å².